The zero-order chi connectivity index (χ0) is 26.3. The van der Waals surface area contributed by atoms with Crippen LogP contribution in [0.15, 0.2) is 41.8 Å². The fraction of sp³-hybridized carbons (Fsp3) is 0.391. The van der Waals surface area contributed by atoms with Gasteiger partial charge >= 0.3 is 6.09 Å². The first-order valence-corrected chi connectivity index (χ1v) is 12.7. The predicted molar refractivity (Wildman–Crippen MR) is 132 cm³/mol. The van der Waals surface area contributed by atoms with Crippen molar-refractivity contribution in [1.82, 2.24) is 19.7 Å². The van der Waals surface area contributed by atoms with Crippen LogP contribution >= 0.6 is 0 Å². The summed E-state index contributed by atoms with van der Waals surface area (Å²) in [6.07, 6.45) is 1.58. The third kappa shape index (κ3) is 5.20. The molecule has 2 aromatic heterocycles. The van der Waals surface area contributed by atoms with Gasteiger partial charge in [0, 0.05) is 18.8 Å². The summed E-state index contributed by atoms with van der Waals surface area (Å²) in [5.41, 5.74) is 0.578. The molecule has 4 rings (SSSR count). The summed E-state index contributed by atoms with van der Waals surface area (Å²) >= 11 is 0. The van der Waals surface area contributed by atoms with Gasteiger partial charge in [0.2, 0.25) is 5.91 Å². The molecule has 0 spiro atoms. The number of nitrogens with zero attached hydrogens (tertiary/aromatic N) is 4. The number of carbonyl (C=O) groups is 2. The van der Waals surface area contributed by atoms with Crippen LogP contribution in [0.5, 0.6) is 5.75 Å². The zero-order valence-corrected chi connectivity index (χ0v) is 21.4. The number of fused-ring (bicyclic) bond motifs is 2. The van der Waals surface area contributed by atoms with E-state index in [1.54, 1.807) is 45.9 Å². The number of sulfonamides is 1. The number of carbonyl (C=O) groups excluding carboxylic acids is 2. The quantitative estimate of drug-likeness (QED) is 0.526. The Morgan fingerprint density at radius 3 is 2.69 bits per heavy atom. The maximum atomic E-state index is 14.0. The first kappa shape index (κ1) is 25.2. The minimum atomic E-state index is -4.18. The molecule has 0 aliphatic carbocycles. The number of hydrogen-bond donors (Lipinski definition) is 2. The van der Waals surface area contributed by atoms with Gasteiger partial charge in [0.15, 0.2) is 5.03 Å². The highest BCUT2D eigenvalue weighted by molar-refractivity contribution is 7.92. The monoisotopic (exact) mass is 516 g/mol. The summed E-state index contributed by atoms with van der Waals surface area (Å²) in [5.74, 6) is 0.0129. The van der Waals surface area contributed by atoms with Gasteiger partial charge in [-0.25, -0.2) is 14.8 Å². The van der Waals surface area contributed by atoms with Crippen molar-refractivity contribution in [3.05, 3.63) is 42.5 Å². The third-order valence-electron chi connectivity index (χ3n) is 5.20. The molecule has 0 unspecified atom stereocenters. The van der Waals surface area contributed by atoms with Crippen LogP contribution in [0.3, 0.4) is 0 Å². The van der Waals surface area contributed by atoms with Crippen molar-refractivity contribution in [3.63, 3.8) is 0 Å². The molecule has 1 aliphatic heterocycles. The van der Waals surface area contributed by atoms with E-state index < -0.39 is 27.8 Å². The van der Waals surface area contributed by atoms with E-state index in [0.29, 0.717) is 17.0 Å². The van der Waals surface area contributed by atoms with E-state index >= 15 is 0 Å². The number of anilines is 2. The van der Waals surface area contributed by atoms with Crippen LogP contribution < -0.4 is 19.7 Å². The molecule has 12 nitrogen and oxygen atoms in total. The van der Waals surface area contributed by atoms with Gasteiger partial charge in [-0.15, -0.1) is 0 Å². The molecule has 2 amide bonds. The highest BCUT2D eigenvalue weighted by Crippen LogP contribution is 2.39. The summed E-state index contributed by atoms with van der Waals surface area (Å²) in [6.45, 7) is 8.22. The Bertz CT molecular complexity index is 1430. The van der Waals surface area contributed by atoms with Gasteiger partial charge in [-0.1, -0.05) is 0 Å². The van der Waals surface area contributed by atoms with Gasteiger partial charge in [-0.3, -0.25) is 18.8 Å². The molecular weight excluding hydrogens is 488 g/mol. The molecule has 0 fully saturated rings. The van der Waals surface area contributed by atoms with E-state index in [1.807, 2.05) is 0 Å². The Kier molecular flexibility index (Phi) is 6.52. The van der Waals surface area contributed by atoms with Crippen LogP contribution in [0.4, 0.5) is 16.2 Å². The Labute approximate surface area is 208 Å². The Balaban J connectivity index is 1.77. The first-order chi connectivity index (χ1) is 16.8. The lowest BCUT2D eigenvalue weighted by Crippen LogP contribution is -2.48. The van der Waals surface area contributed by atoms with Crippen molar-refractivity contribution in [1.29, 1.82) is 0 Å². The first-order valence-electron chi connectivity index (χ1n) is 11.2. The van der Waals surface area contributed by atoms with Crippen LogP contribution in [0.2, 0.25) is 0 Å². The minimum Gasteiger partial charge on any atom is -0.484 e. The van der Waals surface area contributed by atoms with Crippen molar-refractivity contribution in [2.45, 2.75) is 51.3 Å². The summed E-state index contributed by atoms with van der Waals surface area (Å²) in [6, 6.07) is 6.26. The fourth-order valence-electron chi connectivity index (χ4n) is 3.81. The summed E-state index contributed by atoms with van der Waals surface area (Å²) < 4.78 is 42.0. The van der Waals surface area contributed by atoms with Gasteiger partial charge in [0.25, 0.3) is 10.0 Å². The third-order valence-corrected chi connectivity index (χ3v) is 7.11. The molecule has 0 saturated heterocycles. The lowest BCUT2D eigenvalue weighted by atomic mass is 10.2. The number of nitrogens with one attached hydrogen (secondary N) is 2. The van der Waals surface area contributed by atoms with Gasteiger partial charge in [0.05, 0.1) is 24.5 Å². The van der Waals surface area contributed by atoms with Gasteiger partial charge in [0.1, 0.15) is 29.4 Å². The van der Waals surface area contributed by atoms with Crippen molar-refractivity contribution < 1.29 is 27.5 Å². The van der Waals surface area contributed by atoms with Gasteiger partial charge in [-0.2, -0.15) is 8.42 Å². The lowest BCUT2D eigenvalue weighted by Gasteiger charge is -2.35. The molecule has 2 N–H and O–H groups in total. The number of imidazole rings is 1. The second-order valence-electron chi connectivity index (χ2n) is 9.33. The van der Waals surface area contributed by atoms with Crippen LogP contribution in [0.25, 0.3) is 5.65 Å². The van der Waals surface area contributed by atoms with Crippen LogP contribution in [-0.2, 0) is 19.6 Å². The van der Waals surface area contributed by atoms with E-state index in [-0.39, 0.29) is 35.5 Å². The van der Waals surface area contributed by atoms with E-state index in [0.717, 1.165) is 0 Å². The van der Waals surface area contributed by atoms with E-state index in [2.05, 4.69) is 20.6 Å². The highest BCUT2D eigenvalue weighted by Gasteiger charge is 2.38. The molecule has 1 aliphatic rings. The average Bonchev–Trinajstić information content (AvgIpc) is 3.12. The molecule has 0 radical (unpaired) electrons. The molecule has 3 aromatic rings. The molecule has 192 valence electrons. The Morgan fingerprint density at radius 1 is 1.25 bits per heavy atom. The molecule has 13 heteroatoms. The smallest absolute Gasteiger partial charge is 0.412 e. The second kappa shape index (κ2) is 9.30. The SMILES string of the molecule is CC(=O)NC[C@H]1CN(S(=O)(=O)c2c(C)nc3ccncn23)c2cc(NC(=O)OC(C)(C)C)ccc2O1. The van der Waals surface area contributed by atoms with Crippen molar-refractivity contribution >= 4 is 39.0 Å². The van der Waals surface area contributed by atoms with Crippen LogP contribution in [0.1, 0.15) is 33.4 Å². The molecule has 36 heavy (non-hydrogen) atoms. The molecule has 1 aromatic carbocycles. The van der Waals surface area contributed by atoms with E-state index in [9.17, 15) is 18.0 Å². The highest BCUT2D eigenvalue weighted by atomic mass is 32.2. The molecule has 1 atom stereocenters. The Morgan fingerprint density at radius 2 is 2.00 bits per heavy atom. The van der Waals surface area contributed by atoms with E-state index in [4.69, 9.17) is 9.47 Å². The lowest BCUT2D eigenvalue weighted by molar-refractivity contribution is -0.119. The largest absolute Gasteiger partial charge is 0.484 e. The van der Waals surface area contributed by atoms with Crippen LogP contribution in [0, 0.1) is 6.92 Å². The van der Waals surface area contributed by atoms with Crippen LogP contribution in [-0.4, -0.2) is 59.6 Å². The van der Waals surface area contributed by atoms with Gasteiger partial charge in [-0.05, 0) is 52.0 Å². The standard InChI is InChI=1S/C23H28N6O6S/c1-14-21(28-13-24-9-8-20(28)26-14)36(32,33)29-12-17(11-25-15(2)30)34-19-7-6-16(10-18(19)29)27-22(31)35-23(3,4)5/h6-10,13,17H,11-12H2,1-5H3,(H,25,30)(H,27,31)/t17-/m0/s1. The number of aryl methyl sites for hydroxylation is 1. The summed E-state index contributed by atoms with van der Waals surface area (Å²) in [5, 5.41) is 5.25. The molecule has 0 saturated carbocycles. The molecule has 3 heterocycles. The number of hydrogen-bond acceptors (Lipinski definition) is 8. The summed E-state index contributed by atoms with van der Waals surface area (Å²) in [7, 11) is -4.18. The Hall–Kier alpha value is -3.87. The maximum absolute atomic E-state index is 14.0. The minimum absolute atomic E-state index is 0.0396. The fourth-order valence-corrected chi connectivity index (χ4v) is 5.59. The number of rotatable bonds is 5. The summed E-state index contributed by atoms with van der Waals surface area (Å²) in [4.78, 5) is 32.2. The topological polar surface area (TPSA) is 144 Å². The molecular formula is C23H28N6O6S. The van der Waals surface area contributed by atoms with Crippen molar-refractivity contribution in [2.24, 2.45) is 0 Å². The molecule has 0 bridgehead atoms. The van der Waals surface area contributed by atoms with Crippen molar-refractivity contribution in [3.8, 4) is 5.75 Å². The van der Waals surface area contributed by atoms with Crippen molar-refractivity contribution in [2.75, 3.05) is 22.7 Å². The number of ether oxygens (including phenoxy) is 2. The average molecular weight is 517 g/mol. The number of amides is 2. The second-order valence-corrected chi connectivity index (χ2v) is 11.1. The number of benzene rings is 1. The normalized spacial score (nSPS) is 15.7. The zero-order valence-electron chi connectivity index (χ0n) is 20.6. The van der Waals surface area contributed by atoms with E-state index in [1.165, 1.54) is 34.2 Å². The van der Waals surface area contributed by atoms with Gasteiger partial charge < -0.3 is 14.8 Å². The maximum Gasteiger partial charge on any atom is 0.412 e. The predicted octanol–water partition coefficient (Wildman–Crippen LogP) is 2.48. The number of aromatic nitrogens is 3.